The minimum atomic E-state index is -0.470. The summed E-state index contributed by atoms with van der Waals surface area (Å²) < 4.78 is 15.6. The molecule has 0 aliphatic carbocycles. The number of halogens is 1. The third kappa shape index (κ3) is 4.25. The van der Waals surface area contributed by atoms with E-state index in [1.165, 1.54) is 6.07 Å². The number of fused-ring (bicyclic) bond motifs is 1. The van der Waals surface area contributed by atoms with Gasteiger partial charge in [0.1, 0.15) is 29.4 Å². The summed E-state index contributed by atoms with van der Waals surface area (Å²) in [5.41, 5.74) is 3.25. The maximum Gasteiger partial charge on any atom is 0.141 e. The van der Waals surface area contributed by atoms with E-state index in [2.05, 4.69) is 35.9 Å². The summed E-state index contributed by atoms with van der Waals surface area (Å²) >= 11 is 0. The molecule has 3 aromatic heterocycles. The number of hydrogen-bond donors (Lipinski definition) is 1. The third-order valence-corrected chi connectivity index (χ3v) is 7.73. The smallest absolute Gasteiger partial charge is 0.141 e. The second-order valence-corrected chi connectivity index (χ2v) is 10.0. The number of hydrogen-bond acceptors (Lipinski definition) is 7. The van der Waals surface area contributed by atoms with Crippen LogP contribution in [0.3, 0.4) is 0 Å². The Kier molecular flexibility index (Phi) is 5.91. The number of H-pyrrole nitrogens is 1. The molecule has 2 fully saturated rings. The van der Waals surface area contributed by atoms with E-state index in [-0.39, 0.29) is 11.1 Å². The van der Waals surface area contributed by atoms with Gasteiger partial charge in [0.05, 0.1) is 29.9 Å². The summed E-state index contributed by atoms with van der Waals surface area (Å²) in [5.74, 6) is -0.470. The van der Waals surface area contributed by atoms with Crippen molar-refractivity contribution in [1.82, 2.24) is 34.5 Å². The molecule has 5 heterocycles. The molecule has 2 saturated heterocycles. The Labute approximate surface area is 213 Å². The van der Waals surface area contributed by atoms with Crippen LogP contribution in [0.5, 0.6) is 0 Å². The van der Waals surface area contributed by atoms with Gasteiger partial charge in [-0.1, -0.05) is 6.07 Å². The first-order valence-corrected chi connectivity index (χ1v) is 12.4. The lowest BCUT2D eigenvalue weighted by atomic mass is 9.83. The van der Waals surface area contributed by atoms with Crippen LogP contribution in [0.1, 0.15) is 30.4 Å². The van der Waals surface area contributed by atoms with Gasteiger partial charge in [0.2, 0.25) is 0 Å². The van der Waals surface area contributed by atoms with Crippen LogP contribution >= 0.6 is 0 Å². The van der Waals surface area contributed by atoms with Crippen molar-refractivity contribution in [3.63, 3.8) is 0 Å². The summed E-state index contributed by atoms with van der Waals surface area (Å²) in [6.07, 6.45) is 9.69. The van der Waals surface area contributed by atoms with Crippen molar-refractivity contribution >= 4 is 11.0 Å². The maximum absolute atomic E-state index is 13.6. The zero-order chi connectivity index (χ0) is 25.4. The summed E-state index contributed by atoms with van der Waals surface area (Å²) in [4.78, 5) is 16.7. The van der Waals surface area contributed by atoms with E-state index < -0.39 is 5.82 Å². The number of aromatic nitrogens is 5. The van der Waals surface area contributed by atoms with Gasteiger partial charge in [-0.25, -0.2) is 14.4 Å². The molecule has 0 atom stereocenters. The number of nitrogens with one attached hydrogen (secondary N) is 1. The Morgan fingerprint density at radius 2 is 1.97 bits per heavy atom. The molecule has 2 aliphatic heterocycles. The average molecular weight is 496 g/mol. The fourth-order valence-corrected chi connectivity index (χ4v) is 5.72. The van der Waals surface area contributed by atoms with Gasteiger partial charge in [-0.05, 0) is 49.7 Å². The Balaban J connectivity index is 1.10. The molecule has 6 rings (SSSR count). The summed E-state index contributed by atoms with van der Waals surface area (Å²) in [6.45, 7) is 4.18. The van der Waals surface area contributed by atoms with Crippen LogP contribution in [0.15, 0.2) is 49.2 Å². The maximum atomic E-state index is 13.6. The van der Waals surface area contributed by atoms with Gasteiger partial charge >= 0.3 is 0 Å². The highest BCUT2D eigenvalue weighted by Crippen LogP contribution is 2.37. The largest absolute Gasteiger partial charge is 0.346 e. The van der Waals surface area contributed by atoms with Crippen LogP contribution in [-0.2, 0) is 12.1 Å². The van der Waals surface area contributed by atoms with Crippen LogP contribution < -0.4 is 0 Å². The predicted molar refractivity (Wildman–Crippen MR) is 134 cm³/mol. The molecular formula is C27H26FN9. The molecular weight excluding hydrogens is 469 g/mol. The summed E-state index contributed by atoms with van der Waals surface area (Å²) in [5, 5.41) is 24.3. The Morgan fingerprint density at radius 3 is 2.76 bits per heavy atom. The van der Waals surface area contributed by atoms with Crippen molar-refractivity contribution in [2.75, 3.05) is 26.2 Å². The number of piperidine rings is 1. The molecule has 186 valence electrons. The van der Waals surface area contributed by atoms with Crippen LogP contribution in [0.25, 0.3) is 22.3 Å². The van der Waals surface area contributed by atoms with E-state index in [9.17, 15) is 9.65 Å². The molecule has 4 aromatic rings. The lowest BCUT2D eigenvalue weighted by molar-refractivity contribution is -0.0436. The molecule has 37 heavy (non-hydrogen) atoms. The average Bonchev–Trinajstić information content (AvgIpc) is 3.58. The highest BCUT2D eigenvalue weighted by atomic mass is 19.1. The third-order valence-electron chi connectivity index (χ3n) is 7.73. The second kappa shape index (κ2) is 9.40. The number of aromatic amines is 1. The van der Waals surface area contributed by atoms with Gasteiger partial charge in [-0.2, -0.15) is 15.6 Å². The normalized spacial score (nSPS) is 18.4. The zero-order valence-electron chi connectivity index (χ0n) is 20.3. The first-order valence-electron chi connectivity index (χ1n) is 12.4. The molecule has 0 saturated carbocycles. The molecule has 1 aromatic carbocycles. The van der Waals surface area contributed by atoms with Crippen molar-refractivity contribution in [2.24, 2.45) is 0 Å². The van der Waals surface area contributed by atoms with Crippen LogP contribution in [-0.4, -0.2) is 66.8 Å². The molecule has 9 nitrogen and oxygen atoms in total. The molecule has 0 radical (unpaired) electrons. The Morgan fingerprint density at radius 1 is 1.14 bits per heavy atom. The lowest BCUT2D eigenvalue weighted by Gasteiger charge is -2.53. The molecule has 1 N–H and O–H groups in total. The molecule has 0 amide bonds. The van der Waals surface area contributed by atoms with Gasteiger partial charge < -0.3 is 4.98 Å². The molecule has 2 aliphatic rings. The van der Waals surface area contributed by atoms with Crippen molar-refractivity contribution in [3.8, 4) is 23.4 Å². The zero-order valence-corrected chi connectivity index (χ0v) is 20.3. The number of benzene rings is 1. The Bertz CT molecular complexity index is 1510. The molecule has 0 unspecified atom stereocenters. The standard InChI is InChI=1S/C27H26FN9/c28-24-2-1-19(11-20(24)12-30)14-35-9-4-22(5-10-35)36-16-27(17-36,6-7-29)37-15-21(13-34-37)25-23-3-8-31-26(23)33-18-32-25/h1-3,8,11,13,15,18,22H,4-6,9-10,14,16-17H2,(H,31,32,33). The predicted octanol–water partition coefficient (Wildman–Crippen LogP) is 3.42. The van der Waals surface area contributed by atoms with Crippen LogP contribution in [0.2, 0.25) is 0 Å². The molecule has 0 spiro atoms. The van der Waals surface area contributed by atoms with Gasteiger partial charge in [0.15, 0.2) is 0 Å². The number of nitriles is 2. The SMILES string of the molecule is N#CCC1(n2cc(-c3ncnc4[nH]ccc34)cn2)CN(C2CCN(Cc3ccc(F)c(C#N)c3)CC2)C1. The second-order valence-electron chi connectivity index (χ2n) is 10.0. The van der Waals surface area contributed by atoms with Gasteiger partial charge in [0.25, 0.3) is 0 Å². The summed E-state index contributed by atoms with van der Waals surface area (Å²) in [7, 11) is 0. The molecule has 10 heteroatoms. The van der Waals surface area contributed by atoms with E-state index in [1.807, 2.05) is 35.4 Å². The van der Waals surface area contributed by atoms with E-state index in [0.29, 0.717) is 19.0 Å². The highest BCUT2D eigenvalue weighted by molar-refractivity contribution is 5.90. The quantitative estimate of drug-likeness (QED) is 0.436. The number of nitrogens with zero attached hydrogens (tertiary/aromatic N) is 8. The first-order chi connectivity index (χ1) is 18.1. The van der Waals surface area contributed by atoms with Crippen LogP contribution in [0, 0.1) is 28.5 Å². The fraction of sp³-hybridized carbons (Fsp3) is 0.370. The first kappa shape index (κ1) is 23.3. The lowest BCUT2D eigenvalue weighted by Crippen LogP contribution is -2.66. The van der Waals surface area contributed by atoms with Crippen molar-refractivity contribution in [1.29, 1.82) is 10.5 Å². The van der Waals surface area contributed by atoms with Crippen LogP contribution in [0.4, 0.5) is 4.39 Å². The van der Waals surface area contributed by atoms with E-state index in [1.54, 1.807) is 18.5 Å². The highest BCUT2D eigenvalue weighted by Gasteiger charge is 2.48. The van der Waals surface area contributed by atoms with Crippen molar-refractivity contribution in [3.05, 3.63) is 66.1 Å². The van der Waals surface area contributed by atoms with E-state index in [0.717, 1.165) is 66.9 Å². The Hall–Kier alpha value is -4.12. The monoisotopic (exact) mass is 495 g/mol. The van der Waals surface area contributed by atoms with Gasteiger partial charge in [-0.3, -0.25) is 14.5 Å². The minimum Gasteiger partial charge on any atom is -0.346 e. The fourth-order valence-electron chi connectivity index (χ4n) is 5.72. The number of rotatable bonds is 6. The van der Waals surface area contributed by atoms with Gasteiger partial charge in [0, 0.05) is 49.0 Å². The van der Waals surface area contributed by atoms with Crippen molar-refractivity contribution in [2.45, 2.75) is 37.4 Å². The van der Waals surface area contributed by atoms with E-state index in [4.69, 9.17) is 5.26 Å². The summed E-state index contributed by atoms with van der Waals surface area (Å²) in [6, 6.07) is 11.5. The van der Waals surface area contributed by atoms with E-state index >= 15 is 0 Å². The van der Waals surface area contributed by atoms with Gasteiger partial charge in [-0.15, -0.1) is 0 Å². The minimum absolute atomic E-state index is 0.0980. The molecule has 0 bridgehead atoms. The van der Waals surface area contributed by atoms with Crippen molar-refractivity contribution < 1.29 is 4.39 Å². The number of likely N-dealkylation sites (tertiary alicyclic amines) is 2. The topological polar surface area (TPSA) is 113 Å².